The molecule has 0 bridgehead atoms. The van der Waals surface area contributed by atoms with Gasteiger partial charge < -0.3 is 0 Å². The average molecular weight is 316 g/mol. The van der Waals surface area contributed by atoms with Gasteiger partial charge in [0.1, 0.15) is 16.2 Å². The second kappa shape index (κ2) is 5.10. The summed E-state index contributed by atoms with van der Waals surface area (Å²) in [5, 5.41) is 0.370. The quantitative estimate of drug-likeness (QED) is 0.774. The molecule has 0 saturated heterocycles. The number of nitrogens with zero attached hydrogens (tertiary/aromatic N) is 2. The maximum absolute atomic E-state index is 13.7. The summed E-state index contributed by atoms with van der Waals surface area (Å²) >= 11 is 9.00. The van der Waals surface area contributed by atoms with E-state index in [0.29, 0.717) is 33.1 Å². The highest BCUT2D eigenvalue weighted by Crippen LogP contribution is 2.25. The van der Waals surface area contributed by atoms with Gasteiger partial charge >= 0.3 is 0 Å². The van der Waals surface area contributed by atoms with Crippen molar-refractivity contribution in [2.75, 3.05) is 0 Å². The van der Waals surface area contributed by atoms with Gasteiger partial charge in [-0.15, -0.1) is 0 Å². The van der Waals surface area contributed by atoms with E-state index in [1.807, 2.05) is 6.92 Å². The van der Waals surface area contributed by atoms with E-state index < -0.39 is 0 Å². The molecule has 0 aliphatic carbocycles. The number of aromatic nitrogens is 2. The van der Waals surface area contributed by atoms with Crippen molar-refractivity contribution >= 4 is 27.5 Å². The largest absolute Gasteiger partial charge is 0.233 e. The average Bonchev–Trinajstić information content (AvgIpc) is 2.28. The molecular weight excluding hydrogens is 307 g/mol. The molecule has 0 radical (unpaired) electrons. The lowest BCUT2D eigenvalue weighted by molar-refractivity contribution is 0.630. The lowest BCUT2D eigenvalue weighted by Crippen LogP contribution is -1.97. The highest BCUT2D eigenvalue weighted by atomic mass is 79.9. The van der Waals surface area contributed by atoms with Gasteiger partial charge in [-0.3, -0.25) is 0 Å². The molecule has 2 rings (SSSR count). The van der Waals surface area contributed by atoms with E-state index in [1.54, 1.807) is 18.2 Å². The smallest absolute Gasteiger partial charge is 0.134 e. The summed E-state index contributed by atoms with van der Waals surface area (Å²) in [6.45, 7) is 1.95. The molecule has 0 aliphatic rings. The van der Waals surface area contributed by atoms with Crippen LogP contribution in [-0.4, -0.2) is 9.97 Å². The van der Waals surface area contributed by atoms with Crippen molar-refractivity contribution in [1.82, 2.24) is 9.97 Å². The molecule has 0 saturated carbocycles. The Morgan fingerprint density at radius 1 is 1.29 bits per heavy atom. The molecule has 1 aromatic carbocycles. The highest BCUT2D eigenvalue weighted by Gasteiger charge is 2.09. The van der Waals surface area contributed by atoms with E-state index in [1.165, 1.54) is 6.07 Å². The van der Waals surface area contributed by atoms with Gasteiger partial charge in [-0.2, -0.15) is 0 Å². The molecule has 2 nitrogen and oxygen atoms in total. The Bertz CT molecular complexity index is 560. The van der Waals surface area contributed by atoms with E-state index in [9.17, 15) is 4.39 Å². The monoisotopic (exact) mass is 314 g/mol. The molecule has 0 N–H and O–H groups in total. The number of aryl methyl sites for hydroxylation is 1. The van der Waals surface area contributed by atoms with Gasteiger partial charge in [-0.05, 0) is 40.2 Å². The van der Waals surface area contributed by atoms with Crippen LogP contribution in [0.15, 0.2) is 28.9 Å². The van der Waals surface area contributed by atoms with Crippen molar-refractivity contribution in [3.8, 4) is 11.3 Å². The van der Waals surface area contributed by atoms with Crippen LogP contribution < -0.4 is 0 Å². The zero-order valence-electron chi connectivity index (χ0n) is 9.04. The van der Waals surface area contributed by atoms with Crippen molar-refractivity contribution in [3.63, 3.8) is 0 Å². The molecule has 0 aliphatic heterocycles. The van der Waals surface area contributed by atoms with Crippen molar-refractivity contribution in [2.24, 2.45) is 0 Å². The standard InChI is InChI=1S/C12H9BrClFN2/c1-2-12-16-10(6-11(13)17-12)8-4-3-7(14)5-9(8)15/h3-6H,2H2,1H3. The highest BCUT2D eigenvalue weighted by molar-refractivity contribution is 9.10. The molecule has 1 aromatic heterocycles. The third-order valence-electron chi connectivity index (χ3n) is 2.26. The first-order valence-corrected chi connectivity index (χ1v) is 6.26. The Labute approximate surface area is 112 Å². The van der Waals surface area contributed by atoms with Crippen LogP contribution >= 0.6 is 27.5 Å². The van der Waals surface area contributed by atoms with Crippen molar-refractivity contribution in [3.05, 3.63) is 45.5 Å². The van der Waals surface area contributed by atoms with Crippen LogP contribution in [0.25, 0.3) is 11.3 Å². The van der Waals surface area contributed by atoms with E-state index in [-0.39, 0.29) is 5.82 Å². The predicted molar refractivity (Wildman–Crippen MR) is 69.5 cm³/mol. The van der Waals surface area contributed by atoms with E-state index in [2.05, 4.69) is 25.9 Å². The second-order valence-corrected chi connectivity index (χ2v) is 4.72. The van der Waals surface area contributed by atoms with Crippen molar-refractivity contribution < 1.29 is 4.39 Å². The van der Waals surface area contributed by atoms with Gasteiger partial charge in [-0.1, -0.05) is 18.5 Å². The van der Waals surface area contributed by atoms with Gasteiger partial charge in [0, 0.05) is 17.0 Å². The van der Waals surface area contributed by atoms with Gasteiger partial charge in [0.15, 0.2) is 0 Å². The van der Waals surface area contributed by atoms with Crippen LogP contribution in [0, 0.1) is 5.82 Å². The van der Waals surface area contributed by atoms with Crippen LogP contribution in [0.2, 0.25) is 5.02 Å². The summed E-state index contributed by atoms with van der Waals surface area (Å²) in [4.78, 5) is 8.47. The summed E-state index contributed by atoms with van der Waals surface area (Å²) in [6.07, 6.45) is 0.696. The van der Waals surface area contributed by atoms with Crippen LogP contribution in [0.5, 0.6) is 0 Å². The van der Waals surface area contributed by atoms with Crippen LogP contribution in [0.3, 0.4) is 0 Å². The van der Waals surface area contributed by atoms with E-state index in [0.717, 1.165) is 0 Å². The minimum absolute atomic E-state index is 0.370. The SMILES string of the molecule is CCc1nc(Br)cc(-c2ccc(Cl)cc2F)n1. The molecule has 17 heavy (non-hydrogen) atoms. The van der Waals surface area contributed by atoms with Gasteiger partial charge in [0.2, 0.25) is 0 Å². The Kier molecular flexibility index (Phi) is 3.74. The first kappa shape index (κ1) is 12.5. The Morgan fingerprint density at radius 3 is 2.71 bits per heavy atom. The van der Waals surface area contributed by atoms with Gasteiger partial charge in [0.05, 0.1) is 5.69 Å². The molecule has 88 valence electrons. The minimum atomic E-state index is -0.384. The predicted octanol–water partition coefficient (Wildman–Crippen LogP) is 4.26. The number of hydrogen-bond donors (Lipinski definition) is 0. The minimum Gasteiger partial charge on any atom is -0.233 e. The van der Waals surface area contributed by atoms with Gasteiger partial charge in [-0.25, -0.2) is 14.4 Å². The molecule has 0 atom stereocenters. The van der Waals surface area contributed by atoms with Crippen LogP contribution in [0.1, 0.15) is 12.7 Å². The van der Waals surface area contributed by atoms with Crippen LogP contribution in [0.4, 0.5) is 4.39 Å². The Balaban J connectivity index is 2.55. The number of hydrogen-bond acceptors (Lipinski definition) is 2. The first-order chi connectivity index (χ1) is 8.10. The fourth-order valence-corrected chi connectivity index (χ4v) is 2.04. The number of rotatable bonds is 2. The summed E-state index contributed by atoms with van der Waals surface area (Å²) < 4.78 is 14.4. The molecule has 0 amide bonds. The zero-order chi connectivity index (χ0) is 12.4. The lowest BCUT2D eigenvalue weighted by atomic mass is 10.1. The second-order valence-electron chi connectivity index (χ2n) is 3.47. The molecule has 1 heterocycles. The summed E-state index contributed by atoms with van der Waals surface area (Å²) in [7, 11) is 0. The summed E-state index contributed by atoms with van der Waals surface area (Å²) in [6, 6.07) is 6.22. The van der Waals surface area contributed by atoms with Gasteiger partial charge in [0.25, 0.3) is 0 Å². The number of halogens is 3. The first-order valence-electron chi connectivity index (χ1n) is 5.09. The third-order valence-corrected chi connectivity index (χ3v) is 2.91. The molecule has 0 spiro atoms. The molecule has 0 unspecified atom stereocenters. The molecule has 5 heteroatoms. The normalized spacial score (nSPS) is 10.6. The molecular formula is C12H9BrClFN2. The fraction of sp³-hybridized carbons (Fsp3) is 0.167. The lowest BCUT2D eigenvalue weighted by Gasteiger charge is -2.05. The van der Waals surface area contributed by atoms with E-state index >= 15 is 0 Å². The zero-order valence-corrected chi connectivity index (χ0v) is 11.4. The third kappa shape index (κ3) is 2.82. The summed E-state index contributed by atoms with van der Waals surface area (Å²) in [5.74, 6) is 0.286. The summed E-state index contributed by atoms with van der Waals surface area (Å²) in [5.41, 5.74) is 0.977. The fourth-order valence-electron chi connectivity index (χ4n) is 1.46. The van der Waals surface area contributed by atoms with Crippen molar-refractivity contribution in [1.29, 1.82) is 0 Å². The Hall–Kier alpha value is -1.00. The maximum atomic E-state index is 13.7. The maximum Gasteiger partial charge on any atom is 0.134 e. The molecule has 0 fully saturated rings. The topological polar surface area (TPSA) is 25.8 Å². The van der Waals surface area contributed by atoms with Crippen molar-refractivity contribution in [2.45, 2.75) is 13.3 Å². The Morgan fingerprint density at radius 2 is 2.06 bits per heavy atom. The van der Waals surface area contributed by atoms with E-state index in [4.69, 9.17) is 11.6 Å². The van der Waals surface area contributed by atoms with Crippen LogP contribution in [-0.2, 0) is 6.42 Å². The molecule has 2 aromatic rings. The number of benzene rings is 1.